The van der Waals surface area contributed by atoms with Crippen molar-refractivity contribution in [3.05, 3.63) is 41.8 Å². The van der Waals surface area contributed by atoms with Gasteiger partial charge in [0, 0.05) is 31.3 Å². The van der Waals surface area contributed by atoms with Crippen LogP contribution in [-0.2, 0) is 0 Å². The zero-order chi connectivity index (χ0) is 23.3. The largest absolute Gasteiger partial charge is 0.389 e. The van der Waals surface area contributed by atoms with Crippen LogP contribution in [0.1, 0.15) is 26.0 Å². The van der Waals surface area contributed by atoms with Crippen molar-refractivity contribution in [2.45, 2.75) is 39.0 Å². The van der Waals surface area contributed by atoms with E-state index in [1.807, 2.05) is 17.9 Å². The van der Waals surface area contributed by atoms with Crippen molar-refractivity contribution in [3.63, 3.8) is 0 Å². The van der Waals surface area contributed by atoms with Gasteiger partial charge in [-0.15, -0.1) is 12.4 Å². The number of hydrogen-bond donors (Lipinski definition) is 2. The Balaban J connectivity index is 0.00000274. The van der Waals surface area contributed by atoms with Gasteiger partial charge in [0.25, 0.3) is 0 Å². The summed E-state index contributed by atoms with van der Waals surface area (Å²) in [5.41, 5.74) is 2.35. The molecule has 3 aromatic heterocycles. The maximum absolute atomic E-state index is 13.8. The quantitative estimate of drug-likeness (QED) is 0.438. The Bertz CT molecular complexity index is 1350. The van der Waals surface area contributed by atoms with Gasteiger partial charge in [-0.3, -0.25) is 0 Å². The summed E-state index contributed by atoms with van der Waals surface area (Å²) < 4.78 is 29.2. The Morgan fingerprint density at radius 1 is 1.15 bits per heavy atom. The topological polar surface area (TPSA) is 91.5 Å². The predicted octanol–water partition coefficient (Wildman–Crippen LogP) is 3.94. The number of aliphatic hydroxyl groups is 1. The molecule has 0 amide bonds. The van der Waals surface area contributed by atoms with Crippen molar-refractivity contribution >= 4 is 40.7 Å². The molecule has 1 saturated heterocycles. The summed E-state index contributed by atoms with van der Waals surface area (Å²) in [4.78, 5) is 15.7. The van der Waals surface area contributed by atoms with E-state index in [2.05, 4.69) is 20.4 Å². The molecule has 1 aliphatic rings. The fourth-order valence-electron chi connectivity index (χ4n) is 3.96. The van der Waals surface area contributed by atoms with Crippen molar-refractivity contribution in [2.24, 2.45) is 0 Å². The number of nitrogens with one attached hydrogen (secondary N) is 1. The Labute approximate surface area is 201 Å². The second-order valence-electron chi connectivity index (χ2n) is 9.09. The highest BCUT2D eigenvalue weighted by Gasteiger charge is 2.25. The summed E-state index contributed by atoms with van der Waals surface area (Å²) in [6.45, 7) is 6.38. The molecule has 0 aliphatic carbocycles. The van der Waals surface area contributed by atoms with E-state index in [9.17, 15) is 13.9 Å². The number of nitrogens with zero attached hydrogens (tertiary/aromatic N) is 6. The predicted molar refractivity (Wildman–Crippen MR) is 130 cm³/mol. The van der Waals surface area contributed by atoms with E-state index in [-0.39, 0.29) is 31.3 Å². The van der Waals surface area contributed by atoms with E-state index in [1.165, 1.54) is 12.1 Å². The average molecular weight is 490 g/mol. The normalized spacial score (nSPS) is 16.3. The molecule has 1 aliphatic heterocycles. The molecule has 1 fully saturated rings. The Kier molecular flexibility index (Phi) is 6.30. The second-order valence-corrected chi connectivity index (χ2v) is 9.09. The summed E-state index contributed by atoms with van der Waals surface area (Å²) in [5.74, 6) is 0.863. The summed E-state index contributed by atoms with van der Waals surface area (Å²) >= 11 is 0. The third kappa shape index (κ3) is 4.74. The first kappa shape index (κ1) is 24.0. The molecule has 0 spiro atoms. The van der Waals surface area contributed by atoms with Gasteiger partial charge in [0.2, 0.25) is 0 Å². The molecule has 4 heterocycles. The number of hydrogen-bond acceptors (Lipinski definition) is 7. The number of halogens is 3. The average Bonchev–Trinajstić information content (AvgIpc) is 3.37. The number of anilines is 2. The highest BCUT2D eigenvalue weighted by molar-refractivity contribution is 5.85. The number of rotatable bonds is 5. The third-order valence-electron chi connectivity index (χ3n) is 5.61. The number of fused-ring (bicyclic) bond motifs is 2. The van der Waals surface area contributed by atoms with Crippen LogP contribution in [0.4, 0.5) is 20.4 Å². The molecule has 34 heavy (non-hydrogen) atoms. The van der Waals surface area contributed by atoms with Gasteiger partial charge in [0.05, 0.1) is 28.9 Å². The summed E-state index contributed by atoms with van der Waals surface area (Å²) in [7, 11) is 0. The SMILES string of the molecule is Cc1nc2ccc(F)cc2nc1-c1cc2nc(N3CC[C@@H](F)C3)cc(NCC(C)(C)O)n2n1.Cl. The highest BCUT2D eigenvalue weighted by Crippen LogP contribution is 2.28. The number of aryl methyl sites for hydroxylation is 1. The van der Waals surface area contributed by atoms with Crippen molar-refractivity contribution < 1.29 is 13.9 Å². The molecule has 5 rings (SSSR count). The molecular weight excluding hydrogens is 464 g/mol. The van der Waals surface area contributed by atoms with Gasteiger partial charge in [-0.05, 0) is 39.3 Å². The number of aromatic nitrogens is 5. The van der Waals surface area contributed by atoms with Crippen LogP contribution in [0.2, 0.25) is 0 Å². The van der Waals surface area contributed by atoms with Crippen molar-refractivity contribution in [3.8, 4) is 11.4 Å². The molecule has 4 aromatic rings. The highest BCUT2D eigenvalue weighted by atomic mass is 35.5. The summed E-state index contributed by atoms with van der Waals surface area (Å²) in [6, 6.07) is 7.88. The summed E-state index contributed by atoms with van der Waals surface area (Å²) in [6.07, 6.45) is -0.418. The standard InChI is InChI=1S/C23H25F2N7O.ClH/c1-13-22(28-17-8-14(24)4-5-16(17)27-13)18-9-21-29-20(31-7-6-15(25)11-31)10-19(32(21)30-18)26-12-23(2,3)33;/h4-5,8-10,15,26,33H,6-7,11-12H2,1-3H3;1H/t15-;/m1./s1. The lowest BCUT2D eigenvalue weighted by Crippen LogP contribution is -2.30. The molecule has 180 valence electrons. The Hall–Kier alpha value is -3.11. The Morgan fingerprint density at radius 3 is 2.65 bits per heavy atom. The molecule has 1 atom stereocenters. The van der Waals surface area contributed by atoms with Crippen molar-refractivity contribution in [1.29, 1.82) is 0 Å². The minimum Gasteiger partial charge on any atom is -0.389 e. The zero-order valence-electron chi connectivity index (χ0n) is 19.1. The first-order chi connectivity index (χ1) is 15.7. The lowest BCUT2D eigenvalue weighted by molar-refractivity contribution is 0.0944. The molecule has 11 heteroatoms. The minimum absolute atomic E-state index is 0. The van der Waals surface area contributed by atoms with Gasteiger partial charge in [0.15, 0.2) is 5.65 Å². The molecule has 0 saturated carbocycles. The zero-order valence-corrected chi connectivity index (χ0v) is 19.9. The van der Waals surface area contributed by atoms with Crippen LogP contribution < -0.4 is 10.2 Å². The van der Waals surface area contributed by atoms with Crippen LogP contribution in [0, 0.1) is 12.7 Å². The first-order valence-corrected chi connectivity index (χ1v) is 10.9. The molecule has 2 N–H and O–H groups in total. The van der Waals surface area contributed by atoms with E-state index in [0.29, 0.717) is 58.4 Å². The second kappa shape index (κ2) is 8.92. The van der Waals surface area contributed by atoms with Crippen molar-refractivity contribution in [2.75, 3.05) is 29.9 Å². The fraction of sp³-hybridized carbons (Fsp3) is 0.391. The maximum Gasteiger partial charge on any atom is 0.160 e. The van der Waals surface area contributed by atoms with Crippen LogP contribution in [0.5, 0.6) is 0 Å². The maximum atomic E-state index is 13.8. The van der Waals surface area contributed by atoms with Crippen molar-refractivity contribution in [1.82, 2.24) is 24.6 Å². The smallest absolute Gasteiger partial charge is 0.160 e. The van der Waals surface area contributed by atoms with Crippen LogP contribution in [0.25, 0.3) is 28.1 Å². The number of benzene rings is 1. The van der Waals surface area contributed by atoms with E-state index in [0.717, 1.165) is 0 Å². The van der Waals surface area contributed by atoms with E-state index in [1.54, 1.807) is 30.5 Å². The third-order valence-corrected chi connectivity index (χ3v) is 5.61. The van der Waals surface area contributed by atoms with Crippen LogP contribution in [0.15, 0.2) is 30.3 Å². The van der Waals surface area contributed by atoms with Gasteiger partial charge in [-0.2, -0.15) is 9.61 Å². The summed E-state index contributed by atoms with van der Waals surface area (Å²) in [5, 5.41) is 18.1. The molecule has 0 radical (unpaired) electrons. The molecule has 0 unspecified atom stereocenters. The molecule has 8 nitrogen and oxygen atoms in total. The van der Waals surface area contributed by atoms with Crippen LogP contribution >= 0.6 is 12.4 Å². The molecule has 1 aromatic carbocycles. The Morgan fingerprint density at radius 2 is 1.94 bits per heavy atom. The van der Waals surface area contributed by atoms with E-state index < -0.39 is 11.8 Å². The van der Waals surface area contributed by atoms with Gasteiger partial charge < -0.3 is 15.3 Å². The van der Waals surface area contributed by atoms with Gasteiger partial charge in [0.1, 0.15) is 35.0 Å². The van der Waals surface area contributed by atoms with Gasteiger partial charge in [-0.1, -0.05) is 0 Å². The van der Waals surface area contributed by atoms with Gasteiger partial charge in [-0.25, -0.2) is 23.7 Å². The van der Waals surface area contributed by atoms with Gasteiger partial charge >= 0.3 is 0 Å². The molecular formula is C23H26ClF2N7O. The van der Waals surface area contributed by atoms with E-state index in [4.69, 9.17) is 4.98 Å². The minimum atomic E-state index is -0.950. The monoisotopic (exact) mass is 489 g/mol. The lowest BCUT2D eigenvalue weighted by Gasteiger charge is -2.21. The lowest BCUT2D eigenvalue weighted by atomic mass is 10.1. The first-order valence-electron chi connectivity index (χ1n) is 10.9. The molecule has 0 bridgehead atoms. The van der Waals surface area contributed by atoms with Crippen LogP contribution in [0.3, 0.4) is 0 Å². The van der Waals surface area contributed by atoms with E-state index >= 15 is 0 Å². The van der Waals surface area contributed by atoms with Crippen LogP contribution in [-0.4, -0.2) is 61.1 Å². The number of alkyl halides is 1. The fourth-order valence-corrected chi connectivity index (χ4v) is 3.96.